The highest BCUT2D eigenvalue weighted by molar-refractivity contribution is 9.10. The summed E-state index contributed by atoms with van der Waals surface area (Å²) in [5, 5.41) is 1.17. The molecule has 1 heterocycles. The fraction of sp³-hybridized carbons (Fsp3) is 0.556. The van der Waals surface area contributed by atoms with Crippen LogP contribution in [0.15, 0.2) is 10.8 Å². The smallest absolute Gasteiger partial charge is 0.419 e. The molecule has 0 saturated carbocycles. The summed E-state index contributed by atoms with van der Waals surface area (Å²) in [7, 11) is 1.51. The molecule has 0 aliphatic rings. The van der Waals surface area contributed by atoms with Crippen molar-refractivity contribution < 1.29 is 22.3 Å². The van der Waals surface area contributed by atoms with Crippen molar-refractivity contribution in [1.82, 2.24) is 9.97 Å². The summed E-state index contributed by atoms with van der Waals surface area (Å²) in [6, 6.07) is 0. The minimum absolute atomic E-state index is 0.00308. The molecule has 2 N–H and O–H groups in total. The van der Waals surface area contributed by atoms with Crippen molar-refractivity contribution in [3.63, 3.8) is 0 Å². The van der Waals surface area contributed by atoms with E-state index in [2.05, 4.69) is 25.9 Å². The van der Waals surface area contributed by atoms with Crippen LogP contribution in [-0.2, 0) is 0 Å². The minimum Gasteiger partial charge on any atom is -0.477 e. The van der Waals surface area contributed by atoms with Crippen LogP contribution in [0.25, 0.3) is 0 Å². The van der Waals surface area contributed by atoms with Crippen molar-refractivity contribution >= 4 is 21.7 Å². The van der Waals surface area contributed by atoms with Gasteiger partial charge in [0.2, 0.25) is 5.88 Å². The third-order valence-corrected chi connectivity index (χ3v) is 2.73. The second-order valence-corrected chi connectivity index (χ2v) is 4.37. The topological polar surface area (TPSA) is 64.3 Å². The zero-order valence-electron chi connectivity index (χ0n) is 9.79. The van der Waals surface area contributed by atoms with Crippen molar-refractivity contribution in [3.05, 3.63) is 10.8 Å². The number of aromatic nitrogens is 2. The van der Waals surface area contributed by atoms with Gasteiger partial charge in [0.25, 0.3) is 0 Å². The molecule has 1 aromatic rings. The van der Waals surface area contributed by atoms with E-state index in [0.717, 1.165) is 6.33 Å². The average Bonchev–Trinajstić information content (AvgIpc) is 2.29. The highest BCUT2D eigenvalue weighted by Gasteiger charge is 2.39. The molecule has 108 valence electrons. The number of ether oxygens (including phenoxy) is 1. The molecule has 0 aliphatic heterocycles. The van der Waals surface area contributed by atoms with Crippen molar-refractivity contribution in [2.24, 2.45) is 5.84 Å². The van der Waals surface area contributed by atoms with Crippen LogP contribution < -0.4 is 15.6 Å². The molecule has 0 amide bonds. The van der Waals surface area contributed by atoms with Crippen LogP contribution in [-0.4, -0.2) is 36.0 Å². The zero-order chi connectivity index (χ0) is 14.6. The first-order valence-corrected chi connectivity index (χ1v) is 5.85. The lowest BCUT2D eigenvalue weighted by molar-refractivity contribution is -0.183. The third kappa shape index (κ3) is 4.46. The molecule has 1 rings (SSSR count). The molecule has 0 spiro atoms. The second-order valence-electron chi connectivity index (χ2n) is 3.57. The van der Waals surface area contributed by atoms with Crippen LogP contribution in [0.5, 0.6) is 5.88 Å². The number of halogens is 5. The summed E-state index contributed by atoms with van der Waals surface area (Å²) < 4.78 is 53.7. The molecular weight excluding hydrogens is 336 g/mol. The summed E-state index contributed by atoms with van der Waals surface area (Å²) in [6.45, 7) is -0.468. The first-order valence-electron chi connectivity index (χ1n) is 5.06. The SMILES string of the molecule is CN(N)c1ncnc(OCCC(F)C(F)(F)F)c1Br. The largest absolute Gasteiger partial charge is 0.477 e. The number of anilines is 1. The van der Waals surface area contributed by atoms with E-state index in [4.69, 9.17) is 10.6 Å². The maximum atomic E-state index is 12.6. The number of nitrogens with zero attached hydrogens (tertiary/aromatic N) is 3. The van der Waals surface area contributed by atoms with Gasteiger partial charge in [-0.15, -0.1) is 0 Å². The third-order valence-electron chi connectivity index (χ3n) is 2.04. The van der Waals surface area contributed by atoms with Gasteiger partial charge >= 0.3 is 6.18 Å². The molecule has 0 saturated heterocycles. The lowest BCUT2D eigenvalue weighted by Gasteiger charge is -2.15. The first kappa shape index (κ1) is 15.9. The van der Waals surface area contributed by atoms with E-state index in [1.54, 1.807) is 0 Å². The predicted molar refractivity (Wildman–Crippen MR) is 63.4 cm³/mol. The van der Waals surface area contributed by atoms with Crippen LogP contribution in [0.4, 0.5) is 23.4 Å². The molecule has 0 radical (unpaired) electrons. The van der Waals surface area contributed by atoms with Gasteiger partial charge in [-0.2, -0.15) is 13.2 Å². The maximum Gasteiger partial charge on any atom is 0.419 e. The van der Waals surface area contributed by atoms with Gasteiger partial charge in [0.15, 0.2) is 12.0 Å². The molecule has 0 bridgehead atoms. The molecule has 19 heavy (non-hydrogen) atoms. The Hall–Kier alpha value is -1.16. The number of nitrogens with two attached hydrogens (primary N) is 1. The molecule has 10 heteroatoms. The van der Waals surface area contributed by atoms with E-state index in [1.165, 1.54) is 12.1 Å². The highest BCUT2D eigenvalue weighted by Crippen LogP contribution is 2.30. The molecule has 1 unspecified atom stereocenters. The van der Waals surface area contributed by atoms with Gasteiger partial charge in [0, 0.05) is 13.5 Å². The Morgan fingerprint density at radius 1 is 1.47 bits per heavy atom. The molecule has 1 aromatic heterocycles. The van der Waals surface area contributed by atoms with Gasteiger partial charge in [-0.25, -0.2) is 20.2 Å². The van der Waals surface area contributed by atoms with E-state index in [-0.39, 0.29) is 16.2 Å². The fourth-order valence-electron chi connectivity index (χ4n) is 1.11. The predicted octanol–water partition coefficient (Wildman–Crippen LogP) is 2.22. The van der Waals surface area contributed by atoms with Crippen LogP contribution in [0.1, 0.15) is 6.42 Å². The van der Waals surface area contributed by atoms with E-state index < -0.39 is 25.4 Å². The number of hydrogen-bond acceptors (Lipinski definition) is 5. The number of hydrazine groups is 1. The molecule has 0 aromatic carbocycles. The molecular formula is C9H11BrF4N4O. The second kappa shape index (κ2) is 6.33. The van der Waals surface area contributed by atoms with Crippen LogP contribution >= 0.6 is 15.9 Å². The Bertz CT molecular complexity index is 429. The van der Waals surface area contributed by atoms with Crippen LogP contribution in [0.2, 0.25) is 0 Å². The molecule has 0 aliphatic carbocycles. The van der Waals surface area contributed by atoms with E-state index in [0.29, 0.717) is 0 Å². The Morgan fingerprint density at radius 2 is 2.11 bits per heavy atom. The summed E-state index contributed by atoms with van der Waals surface area (Å²) in [4.78, 5) is 7.54. The van der Waals surface area contributed by atoms with Gasteiger partial charge in [-0.05, 0) is 15.9 Å². The van der Waals surface area contributed by atoms with Crippen LogP contribution in [0, 0.1) is 0 Å². The number of hydrogen-bond donors (Lipinski definition) is 1. The summed E-state index contributed by atoms with van der Waals surface area (Å²) in [5.41, 5.74) is 0. The number of alkyl halides is 4. The summed E-state index contributed by atoms with van der Waals surface area (Å²) in [5.74, 6) is 5.75. The molecule has 0 fully saturated rings. The Morgan fingerprint density at radius 3 is 2.63 bits per heavy atom. The normalized spacial score (nSPS) is 13.2. The van der Waals surface area contributed by atoms with Crippen molar-refractivity contribution in [2.45, 2.75) is 18.8 Å². The van der Waals surface area contributed by atoms with Gasteiger partial charge in [0.1, 0.15) is 10.8 Å². The minimum atomic E-state index is -4.88. The summed E-state index contributed by atoms with van der Waals surface area (Å²) in [6.07, 6.45) is -7.48. The monoisotopic (exact) mass is 346 g/mol. The van der Waals surface area contributed by atoms with Gasteiger partial charge in [-0.3, -0.25) is 5.01 Å². The summed E-state index contributed by atoms with van der Waals surface area (Å²) >= 11 is 3.10. The number of rotatable bonds is 5. The average molecular weight is 347 g/mol. The maximum absolute atomic E-state index is 12.6. The lowest BCUT2D eigenvalue weighted by atomic mass is 10.3. The quantitative estimate of drug-likeness (QED) is 0.503. The first-order chi connectivity index (χ1) is 8.73. The molecule has 1 atom stereocenters. The van der Waals surface area contributed by atoms with Crippen molar-refractivity contribution in [1.29, 1.82) is 0 Å². The van der Waals surface area contributed by atoms with Gasteiger partial charge < -0.3 is 4.74 Å². The van der Waals surface area contributed by atoms with Crippen molar-refractivity contribution in [3.8, 4) is 5.88 Å². The van der Waals surface area contributed by atoms with E-state index in [1.807, 2.05) is 0 Å². The van der Waals surface area contributed by atoms with Gasteiger partial charge in [-0.1, -0.05) is 0 Å². The standard InChI is InChI=1S/C9H11BrF4N4O/c1-18(15)7-6(10)8(17-4-16-7)19-3-2-5(11)9(12,13)14/h4-5H,2-3,15H2,1H3. The Labute approximate surface area is 114 Å². The zero-order valence-corrected chi connectivity index (χ0v) is 11.4. The van der Waals surface area contributed by atoms with Crippen LogP contribution in [0.3, 0.4) is 0 Å². The Balaban J connectivity index is 2.62. The van der Waals surface area contributed by atoms with E-state index in [9.17, 15) is 17.6 Å². The highest BCUT2D eigenvalue weighted by atomic mass is 79.9. The van der Waals surface area contributed by atoms with Crippen molar-refractivity contribution in [2.75, 3.05) is 18.7 Å². The Kier molecular flexibility index (Phi) is 5.29. The lowest BCUT2D eigenvalue weighted by Crippen LogP contribution is -2.27. The fourth-order valence-corrected chi connectivity index (χ4v) is 1.71. The molecule has 5 nitrogen and oxygen atoms in total. The van der Waals surface area contributed by atoms with E-state index >= 15 is 0 Å². The van der Waals surface area contributed by atoms with Gasteiger partial charge in [0.05, 0.1) is 6.61 Å².